The average Bonchev–Trinajstić information content (AvgIpc) is 3.14. The fourth-order valence-corrected chi connectivity index (χ4v) is 4.13. The molecule has 31 heavy (non-hydrogen) atoms. The molecule has 0 aliphatic carbocycles. The van der Waals surface area contributed by atoms with Gasteiger partial charge >= 0.3 is 12.1 Å². The molecule has 3 amide bonds. The molecule has 0 aromatic heterocycles. The quantitative estimate of drug-likeness (QED) is 0.737. The zero-order valence-electron chi connectivity index (χ0n) is 16.7. The monoisotopic (exact) mass is 433 g/mol. The van der Waals surface area contributed by atoms with Gasteiger partial charge in [0.15, 0.2) is 17.5 Å². The Kier molecular flexibility index (Phi) is 6.01. The van der Waals surface area contributed by atoms with Crippen LogP contribution in [0.5, 0.6) is 0 Å². The van der Waals surface area contributed by atoms with Crippen LogP contribution in [0.15, 0.2) is 42.5 Å². The number of amides is 3. The first-order valence-electron chi connectivity index (χ1n) is 10.1. The van der Waals surface area contributed by atoms with Gasteiger partial charge in [-0.15, -0.1) is 0 Å². The van der Waals surface area contributed by atoms with E-state index in [0.717, 1.165) is 17.7 Å². The predicted molar refractivity (Wildman–Crippen MR) is 107 cm³/mol. The summed E-state index contributed by atoms with van der Waals surface area (Å²) in [4.78, 5) is 28.0. The van der Waals surface area contributed by atoms with Crippen molar-refractivity contribution in [1.29, 1.82) is 0 Å². The van der Waals surface area contributed by atoms with E-state index < -0.39 is 29.2 Å². The second-order valence-corrected chi connectivity index (χ2v) is 7.70. The number of ether oxygens (including phenoxy) is 1. The van der Waals surface area contributed by atoms with Crippen molar-refractivity contribution >= 4 is 17.8 Å². The highest BCUT2D eigenvalue weighted by Crippen LogP contribution is 2.27. The number of benzene rings is 2. The van der Waals surface area contributed by atoms with Crippen LogP contribution in [0.3, 0.4) is 0 Å². The number of nitrogens with one attached hydrogen (secondary N) is 1. The number of halogens is 3. The molecule has 0 radical (unpaired) electrons. The topological polar surface area (TPSA) is 61.9 Å². The molecule has 2 saturated heterocycles. The minimum absolute atomic E-state index is 0.0726. The Morgan fingerprint density at radius 3 is 2.45 bits per heavy atom. The maximum Gasteiger partial charge on any atom is 0.410 e. The lowest BCUT2D eigenvalue weighted by Crippen LogP contribution is -2.51. The number of cyclic esters (lactones) is 1. The summed E-state index contributed by atoms with van der Waals surface area (Å²) in [7, 11) is 0. The second-order valence-electron chi connectivity index (χ2n) is 7.70. The van der Waals surface area contributed by atoms with E-state index in [1.165, 1.54) is 4.90 Å². The Hall–Kier alpha value is -3.23. The molecule has 2 aromatic carbocycles. The molecular weight excluding hydrogens is 411 g/mol. The summed E-state index contributed by atoms with van der Waals surface area (Å²) in [5, 5.41) is 2.28. The first-order chi connectivity index (χ1) is 14.9. The van der Waals surface area contributed by atoms with Crippen molar-refractivity contribution in [3.63, 3.8) is 0 Å². The minimum atomic E-state index is -1.63. The molecular formula is C22H22F3N3O3. The SMILES string of the molecule is O=C(Nc1ccc(F)c(F)c1F)N1CCC(N2C(=O)OCC2Cc2ccccc2)CC1. The summed E-state index contributed by atoms with van der Waals surface area (Å²) >= 11 is 0. The minimum Gasteiger partial charge on any atom is -0.447 e. The van der Waals surface area contributed by atoms with E-state index in [4.69, 9.17) is 4.74 Å². The lowest BCUT2D eigenvalue weighted by atomic mass is 9.99. The third kappa shape index (κ3) is 4.45. The van der Waals surface area contributed by atoms with E-state index >= 15 is 0 Å². The number of hydrogen-bond donors (Lipinski definition) is 1. The molecule has 1 unspecified atom stereocenters. The molecule has 9 heteroatoms. The lowest BCUT2D eigenvalue weighted by Gasteiger charge is -2.37. The summed E-state index contributed by atoms with van der Waals surface area (Å²) in [6, 6.07) is 10.8. The van der Waals surface area contributed by atoms with Crippen LogP contribution < -0.4 is 5.32 Å². The first-order valence-corrected chi connectivity index (χ1v) is 10.1. The summed E-state index contributed by atoms with van der Waals surface area (Å²) in [6.45, 7) is 0.997. The number of carbonyl (C=O) groups is 2. The van der Waals surface area contributed by atoms with E-state index in [0.29, 0.717) is 39.0 Å². The van der Waals surface area contributed by atoms with Gasteiger partial charge in [-0.25, -0.2) is 22.8 Å². The van der Waals surface area contributed by atoms with Gasteiger partial charge in [0, 0.05) is 19.1 Å². The van der Waals surface area contributed by atoms with Crippen molar-refractivity contribution in [3.05, 3.63) is 65.5 Å². The predicted octanol–water partition coefficient (Wildman–Crippen LogP) is 4.16. The van der Waals surface area contributed by atoms with Crippen LogP contribution in [0.4, 0.5) is 28.4 Å². The summed E-state index contributed by atoms with van der Waals surface area (Å²) in [5.74, 6) is -4.39. The molecule has 2 aliphatic rings. The van der Waals surface area contributed by atoms with Crippen LogP contribution in [-0.2, 0) is 11.2 Å². The van der Waals surface area contributed by atoms with Crippen LogP contribution in [0, 0.1) is 17.5 Å². The van der Waals surface area contributed by atoms with Gasteiger partial charge in [-0.3, -0.25) is 4.90 Å². The molecule has 2 fully saturated rings. The third-order valence-corrected chi connectivity index (χ3v) is 5.74. The zero-order valence-corrected chi connectivity index (χ0v) is 16.7. The number of likely N-dealkylation sites (tertiary alicyclic amines) is 1. The molecule has 4 rings (SSSR count). The van der Waals surface area contributed by atoms with E-state index in [1.807, 2.05) is 30.3 Å². The highest BCUT2D eigenvalue weighted by atomic mass is 19.2. The number of urea groups is 1. The van der Waals surface area contributed by atoms with Gasteiger partial charge in [0.1, 0.15) is 6.61 Å². The van der Waals surface area contributed by atoms with E-state index in [9.17, 15) is 22.8 Å². The van der Waals surface area contributed by atoms with Crippen molar-refractivity contribution in [3.8, 4) is 0 Å². The number of hydrogen-bond acceptors (Lipinski definition) is 3. The Morgan fingerprint density at radius 1 is 1.03 bits per heavy atom. The van der Waals surface area contributed by atoms with Crippen LogP contribution in [0.2, 0.25) is 0 Å². The van der Waals surface area contributed by atoms with Gasteiger partial charge in [0.2, 0.25) is 0 Å². The Balaban J connectivity index is 1.36. The zero-order chi connectivity index (χ0) is 22.0. The molecule has 1 atom stereocenters. The molecule has 1 N–H and O–H groups in total. The second kappa shape index (κ2) is 8.87. The van der Waals surface area contributed by atoms with Gasteiger partial charge < -0.3 is 15.0 Å². The molecule has 0 bridgehead atoms. The Morgan fingerprint density at radius 2 is 1.74 bits per heavy atom. The summed E-state index contributed by atoms with van der Waals surface area (Å²) in [5.41, 5.74) is 0.693. The van der Waals surface area contributed by atoms with Crippen LogP contribution in [0.25, 0.3) is 0 Å². The molecule has 2 aliphatic heterocycles. The smallest absolute Gasteiger partial charge is 0.410 e. The highest BCUT2D eigenvalue weighted by Gasteiger charge is 2.39. The van der Waals surface area contributed by atoms with Crippen molar-refractivity contribution in [2.75, 3.05) is 25.0 Å². The molecule has 0 saturated carbocycles. The van der Waals surface area contributed by atoms with E-state index in [-0.39, 0.29) is 18.2 Å². The third-order valence-electron chi connectivity index (χ3n) is 5.74. The fraction of sp³-hybridized carbons (Fsp3) is 0.364. The summed E-state index contributed by atoms with van der Waals surface area (Å²) < 4.78 is 45.5. The molecule has 6 nitrogen and oxygen atoms in total. The maximum absolute atomic E-state index is 13.8. The first kappa shape index (κ1) is 21.0. The van der Waals surface area contributed by atoms with E-state index in [1.54, 1.807) is 4.90 Å². The fourth-order valence-electron chi connectivity index (χ4n) is 4.13. The number of carbonyl (C=O) groups excluding carboxylic acids is 2. The van der Waals surface area contributed by atoms with Crippen molar-refractivity contribution in [1.82, 2.24) is 9.80 Å². The van der Waals surface area contributed by atoms with Gasteiger partial charge in [0.25, 0.3) is 0 Å². The molecule has 2 heterocycles. The normalized spacial score (nSPS) is 19.5. The van der Waals surface area contributed by atoms with Gasteiger partial charge in [-0.05, 0) is 37.0 Å². The largest absolute Gasteiger partial charge is 0.447 e. The van der Waals surface area contributed by atoms with Gasteiger partial charge in [-0.1, -0.05) is 30.3 Å². The van der Waals surface area contributed by atoms with Crippen LogP contribution in [0.1, 0.15) is 18.4 Å². The van der Waals surface area contributed by atoms with Gasteiger partial charge in [-0.2, -0.15) is 0 Å². The van der Waals surface area contributed by atoms with Gasteiger partial charge in [0.05, 0.1) is 11.7 Å². The van der Waals surface area contributed by atoms with Crippen molar-refractivity contribution in [2.45, 2.75) is 31.3 Å². The lowest BCUT2D eigenvalue weighted by molar-refractivity contribution is 0.116. The standard InChI is InChI=1S/C22H22F3N3O3/c23-17-6-7-18(20(25)19(17)24)26-21(29)27-10-8-15(9-11-27)28-16(13-31-22(28)30)12-14-4-2-1-3-5-14/h1-7,15-16H,8-13H2,(H,26,29). The van der Waals surface area contributed by atoms with Crippen molar-refractivity contribution < 1.29 is 27.5 Å². The van der Waals surface area contributed by atoms with E-state index in [2.05, 4.69) is 5.32 Å². The molecule has 2 aromatic rings. The number of piperidine rings is 1. The van der Waals surface area contributed by atoms with Crippen LogP contribution in [-0.4, -0.2) is 53.7 Å². The highest BCUT2D eigenvalue weighted by molar-refractivity contribution is 5.89. The molecule has 164 valence electrons. The number of anilines is 1. The Bertz CT molecular complexity index is 965. The molecule has 0 spiro atoms. The Labute approximate surface area is 177 Å². The van der Waals surface area contributed by atoms with Crippen LogP contribution >= 0.6 is 0 Å². The average molecular weight is 433 g/mol. The number of nitrogens with zero attached hydrogens (tertiary/aromatic N) is 2. The summed E-state index contributed by atoms with van der Waals surface area (Å²) in [6.07, 6.45) is 1.40. The number of rotatable bonds is 4. The van der Waals surface area contributed by atoms with Crippen molar-refractivity contribution in [2.24, 2.45) is 0 Å². The maximum atomic E-state index is 13.8.